The average molecular weight is 334 g/mol. The maximum atomic E-state index is 6.33. The molecule has 0 aliphatic rings. The number of halogens is 2. The lowest BCUT2D eigenvalue weighted by Gasteiger charge is -2.05. The van der Waals surface area contributed by atoms with Crippen LogP contribution in [0.2, 0.25) is 5.02 Å². The first-order chi connectivity index (χ1) is 8.56. The quantitative estimate of drug-likeness (QED) is 0.930. The van der Waals surface area contributed by atoms with Gasteiger partial charge in [-0.25, -0.2) is 4.68 Å². The SMILES string of the molecule is CCc1nn(CC)c(Cn2nc(N)nc2Br)c1Cl. The number of hydrogen-bond acceptors (Lipinski definition) is 4. The van der Waals surface area contributed by atoms with E-state index in [0.29, 0.717) is 16.3 Å². The van der Waals surface area contributed by atoms with E-state index in [1.807, 2.05) is 18.5 Å². The van der Waals surface area contributed by atoms with Crippen molar-refractivity contribution in [3.63, 3.8) is 0 Å². The summed E-state index contributed by atoms with van der Waals surface area (Å²) in [6.45, 7) is 5.31. The molecule has 0 fully saturated rings. The van der Waals surface area contributed by atoms with Crippen molar-refractivity contribution in [2.45, 2.75) is 33.4 Å². The highest BCUT2D eigenvalue weighted by molar-refractivity contribution is 9.10. The van der Waals surface area contributed by atoms with Gasteiger partial charge in [-0.2, -0.15) is 10.1 Å². The Morgan fingerprint density at radius 2 is 2.00 bits per heavy atom. The molecule has 0 saturated heterocycles. The van der Waals surface area contributed by atoms with E-state index in [9.17, 15) is 0 Å². The van der Waals surface area contributed by atoms with Crippen molar-refractivity contribution in [3.05, 3.63) is 21.1 Å². The molecule has 2 heterocycles. The van der Waals surface area contributed by atoms with E-state index in [1.54, 1.807) is 4.68 Å². The molecule has 8 heteroatoms. The van der Waals surface area contributed by atoms with E-state index in [1.165, 1.54) is 0 Å². The smallest absolute Gasteiger partial charge is 0.240 e. The highest BCUT2D eigenvalue weighted by atomic mass is 79.9. The van der Waals surface area contributed by atoms with Crippen LogP contribution < -0.4 is 5.73 Å². The number of aryl methyl sites for hydroxylation is 2. The number of nitrogens with two attached hydrogens (primary N) is 1. The summed E-state index contributed by atoms with van der Waals surface area (Å²) in [6.07, 6.45) is 0.805. The summed E-state index contributed by atoms with van der Waals surface area (Å²) in [6, 6.07) is 0. The van der Waals surface area contributed by atoms with Crippen molar-refractivity contribution in [3.8, 4) is 0 Å². The normalized spacial score (nSPS) is 11.1. The van der Waals surface area contributed by atoms with Gasteiger partial charge in [0.15, 0.2) is 4.73 Å². The Labute approximate surface area is 118 Å². The van der Waals surface area contributed by atoms with Gasteiger partial charge in [0.05, 0.1) is 23.0 Å². The van der Waals surface area contributed by atoms with Gasteiger partial charge in [-0.1, -0.05) is 18.5 Å². The van der Waals surface area contributed by atoms with Crippen LogP contribution in [0.5, 0.6) is 0 Å². The minimum Gasteiger partial charge on any atom is -0.366 e. The molecule has 18 heavy (non-hydrogen) atoms. The lowest BCUT2D eigenvalue weighted by atomic mass is 10.3. The first kappa shape index (κ1) is 13.4. The maximum absolute atomic E-state index is 6.33. The number of nitrogen functional groups attached to an aromatic ring is 1. The Balaban J connectivity index is 2.39. The molecule has 0 radical (unpaired) electrons. The molecule has 0 unspecified atom stereocenters. The van der Waals surface area contributed by atoms with Gasteiger partial charge in [0.25, 0.3) is 0 Å². The van der Waals surface area contributed by atoms with Crippen LogP contribution in [0, 0.1) is 0 Å². The van der Waals surface area contributed by atoms with Crippen LogP contribution in [0.3, 0.4) is 0 Å². The van der Waals surface area contributed by atoms with Gasteiger partial charge in [0.1, 0.15) is 0 Å². The fraction of sp³-hybridized carbons (Fsp3) is 0.500. The second kappa shape index (κ2) is 5.27. The molecule has 0 saturated carbocycles. The minimum atomic E-state index is 0.233. The topological polar surface area (TPSA) is 74.5 Å². The minimum absolute atomic E-state index is 0.233. The molecule has 0 aromatic carbocycles. The fourth-order valence-corrected chi connectivity index (χ4v) is 2.47. The Bertz CT molecular complexity index is 561. The number of aromatic nitrogens is 5. The van der Waals surface area contributed by atoms with Gasteiger partial charge in [0, 0.05) is 6.54 Å². The summed E-state index contributed by atoms with van der Waals surface area (Å²) in [5.74, 6) is 0.233. The summed E-state index contributed by atoms with van der Waals surface area (Å²) >= 11 is 9.63. The van der Waals surface area contributed by atoms with Crippen LogP contribution in [0.1, 0.15) is 25.2 Å². The van der Waals surface area contributed by atoms with Crippen molar-refractivity contribution in [1.82, 2.24) is 24.5 Å². The first-order valence-corrected chi connectivity index (χ1v) is 6.83. The van der Waals surface area contributed by atoms with Crippen molar-refractivity contribution in [2.24, 2.45) is 0 Å². The highest BCUT2D eigenvalue weighted by Gasteiger charge is 2.16. The van der Waals surface area contributed by atoms with E-state index in [-0.39, 0.29) is 5.95 Å². The Kier molecular flexibility index (Phi) is 3.91. The largest absolute Gasteiger partial charge is 0.366 e. The third kappa shape index (κ3) is 2.37. The van der Waals surface area contributed by atoms with Crippen molar-refractivity contribution in [1.29, 1.82) is 0 Å². The van der Waals surface area contributed by atoms with Gasteiger partial charge in [0.2, 0.25) is 5.95 Å². The van der Waals surface area contributed by atoms with Crippen LogP contribution in [0.25, 0.3) is 0 Å². The molecule has 98 valence electrons. The number of nitrogens with zero attached hydrogens (tertiary/aromatic N) is 5. The number of hydrogen-bond donors (Lipinski definition) is 1. The lowest BCUT2D eigenvalue weighted by molar-refractivity contribution is 0.568. The molecule has 2 N–H and O–H groups in total. The molecule has 2 aromatic heterocycles. The third-order valence-electron chi connectivity index (χ3n) is 2.64. The predicted octanol–water partition coefficient (Wildman–Crippen LogP) is 2.10. The fourth-order valence-electron chi connectivity index (χ4n) is 1.75. The van der Waals surface area contributed by atoms with E-state index in [0.717, 1.165) is 24.4 Å². The van der Waals surface area contributed by atoms with Crippen molar-refractivity contribution >= 4 is 33.5 Å². The number of anilines is 1. The molecule has 6 nitrogen and oxygen atoms in total. The van der Waals surface area contributed by atoms with Crippen LogP contribution in [0.4, 0.5) is 5.95 Å². The second-order valence-electron chi connectivity index (χ2n) is 3.77. The molecular weight excluding hydrogens is 320 g/mol. The first-order valence-electron chi connectivity index (χ1n) is 5.66. The molecule has 2 rings (SSSR count). The van der Waals surface area contributed by atoms with Gasteiger partial charge in [-0.05, 0) is 29.3 Å². The summed E-state index contributed by atoms with van der Waals surface area (Å²) in [5.41, 5.74) is 7.36. The Hall–Kier alpha value is -1.08. The van der Waals surface area contributed by atoms with Gasteiger partial charge >= 0.3 is 0 Å². The van der Waals surface area contributed by atoms with Crippen LogP contribution in [-0.2, 0) is 19.5 Å². The monoisotopic (exact) mass is 332 g/mol. The third-order valence-corrected chi connectivity index (χ3v) is 3.66. The zero-order valence-electron chi connectivity index (χ0n) is 10.2. The summed E-state index contributed by atoms with van der Waals surface area (Å²) < 4.78 is 4.12. The van der Waals surface area contributed by atoms with E-state index < -0.39 is 0 Å². The lowest BCUT2D eigenvalue weighted by Crippen LogP contribution is -2.10. The van der Waals surface area contributed by atoms with Crippen molar-refractivity contribution in [2.75, 3.05) is 5.73 Å². The molecule has 0 bridgehead atoms. The Morgan fingerprint density at radius 3 is 2.50 bits per heavy atom. The standard InChI is InChI=1S/C10H14BrClN6/c1-3-6-8(12)7(17(4-2)15-6)5-18-9(11)14-10(13)16-18/h3-5H2,1-2H3,(H2,13,16). The summed E-state index contributed by atoms with van der Waals surface area (Å²) in [7, 11) is 0. The average Bonchev–Trinajstić information content (AvgIpc) is 2.81. The maximum Gasteiger partial charge on any atom is 0.240 e. The molecule has 0 atom stereocenters. The molecular formula is C10H14BrClN6. The molecule has 0 aliphatic carbocycles. The van der Waals surface area contributed by atoms with Crippen molar-refractivity contribution < 1.29 is 0 Å². The van der Waals surface area contributed by atoms with E-state index >= 15 is 0 Å². The number of rotatable bonds is 4. The van der Waals surface area contributed by atoms with Crippen LogP contribution >= 0.6 is 27.5 Å². The second-order valence-corrected chi connectivity index (χ2v) is 4.86. The molecule has 2 aromatic rings. The Morgan fingerprint density at radius 1 is 1.28 bits per heavy atom. The summed E-state index contributed by atoms with van der Waals surface area (Å²) in [4.78, 5) is 3.99. The zero-order chi connectivity index (χ0) is 13.3. The van der Waals surface area contributed by atoms with E-state index in [2.05, 4.69) is 31.1 Å². The zero-order valence-corrected chi connectivity index (χ0v) is 12.5. The molecule has 0 amide bonds. The predicted molar refractivity (Wildman–Crippen MR) is 73.5 cm³/mol. The van der Waals surface area contributed by atoms with E-state index in [4.69, 9.17) is 17.3 Å². The van der Waals surface area contributed by atoms with Gasteiger partial charge in [-0.3, -0.25) is 4.68 Å². The highest BCUT2D eigenvalue weighted by Crippen LogP contribution is 2.23. The van der Waals surface area contributed by atoms with Crippen LogP contribution in [-0.4, -0.2) is 24.5 Å². The molecule has 0 spiro atoms. The van der Waals surface area contributed by atoms with Gasteiger partial charge < -0.3 is 5.73 Å². The van der Waals surface area contributed by atoms with Gasteiger partial charge in [-0.15, -0.1) is 5.10 Å². The summed E-state index contributed by atoms with van der Waals surface area (Å²) in [5, 5.41) is 9.24. The van der Waals surface area contributed by atoms with Crippen LogP contribution in [0.15, 0.2) is 4.73 Å². The molecule has 0 aliphatic heterocycles.